The minimum atomic E-state index is -0.544. The number of hydrogen-bond donors (Lipinski definition) is 1. The fourth-order valence-corrected chi connectivity index (χ4v) is 5.02. The average Bonchev–Trinajstić information content (AvgIpc) is 3.04. The quantitative estimate of drug-likeness (QED) is 0.506. The summed E-state index contributed by atoms with van der Waals surface area (Å²) in [6.45, 7) is 1.98. The maximum absolute atomic E-state index is 13.7. The second kappa shape index (κ2) is 8.04. The van der Waals surface area contributed by atoms with Gasteiger partial charge in [0.15, 0.2) is 0 Å². The van der Waals surface area contributed by atoms with Gasteiger partial charge < -0.3 is 0 Å². The summed E-state index contributed by atoms with van der Waals surface area (Å²) in [5.74, 6) is -0.461. The number of aromatic nitrogens is 2. The lowest BCUT2D eigenvalue weighted by Crippen LogP contribution is -2.30. The van der Waals surface area contributed by atoms with E-state index < -0.39 is 11.7 Å². The molecule has 2 aromatic heterocycles. The van der Waals surface area contributed by atoms with Crippen molar-refractivity contribution in [2.24, 2.45) is 11.0 Å². The number of benzene rings is 1. The molecule has 1 aliphatic carbocycles. The highest BCUT2D eigenvalue weighted by Gasteiger charge is 2.23. The third-order valence-electron chi connectivity index (χ3n) is 4.98. The lowest BCUT2D eigenvalue weighted by atomic mass is 9.89. The van der Waals surface area contributed by atoms with Crippen LogP contribution in [0.4, 0.5) is 4.39 Å². The molecule has 0 aliphatic heterocycles. The van der Waals surface area contributed by atoms with E-state index in [0.717, 1.165) is 35.9 Å². The van der Waals surface area contributed by atoms with Gasteiger partial charge in [0, 0.05) is 10.4 Å². The molecule has 4 rings (SSSR count). The highest BCUT2D eigenvalue weighted by molar-refractivity contribution is 7.18. The topological polar surface area (TPSA) is 76.3 Å². The number of aryl methyl sites for hydroxylation is 1. The molecule has 1 atom stereocenters. The van der Waals surface area contributed by atoms with Crippen LogP contribution < -0.4 is 11.0 Å². The number of nitrogens with one attached hydrogen (secondary N) is 1. The second-order valence-electron chi connectivity index (χ2n) is 7.14. The summed E-state index contributed by atoms with van der Waals surface area (Å²) in [4.78, 5) is 31.4. The van der Waals surface area contributed by atoms with E-state index in [1.54, 1.807) is 11.3 Å². The Hall–Kier alpha value is -2.58. The lowest BCUT2D eigenvalue weighted by Gasteiger charge is -2.17. The number of nitrogens with zero attached hydrogens (tertiary/aromatic N) is 3. The van der Waals surface area contributed by atoms with Gasteiger partial charge in [-0.3, -0.25) is 14.2 Å². The molecular weight excluding hydrogens is 415 g/mol. The van der Waals surface area contributed by atoms with Crippen LogP contribution in [0.15, 0.2) is 34.4 Å². The average molecular weight is 433 g/mol. The van der Waals surface area contributed by atoms with Crippen molar-refractivity contribution in [3.63, 3.8) is 0 Å². The monoisotopic (exact) mass is 432 g/mol. The van der Waals surface area contributed by atoms with Crippen molar-refractivity contribution in [3.05, 3.63) is 61.7 Å². The molecule has 2 heterocycles. The Balaban J connectivity index is 1.52. The van der Waals surface area contributed by atoms with Gasteiger partial charge in [-0.05, 0) is 42.9 Å². The van der Waals surface area contributed by atoms with Crippen molar-refractivity contribution in [3.8, 4) is 0 Å². The molecule has 1 unspecified atom stereocenters. The zero-order chi connectivity index (χ0) is 20.5. The SMILES string of the molecule is CC1CCc2c(sc3ncn(CC(=O)N/N=C/c4c(F)cccc4Cl)c(=O)c23)C1. The van der Waals surface area contributed by atoms with Crippen LogP contribution in [0.5, 0.6) is 0 Å². The van der Waals surface area contributed by atoms with Crippen LogP contribution in [0, 0.1) is 11.7 Å². The predicted octanol–water partition coefficient (Wildman–Crippen LogP) is 3.53. The van der Waals surface area contributed by atoms with E-state index >= 15 is 0 Å². The molecule has 1 amide bonds. The molecule has 1 aromatic carbocycles. The normalized spacial score (nSPS) is 16.3. The van der Waals surface area contributed by atoms with Gasteiger partial charge in [-0.15, -0.1) is 11.3 Å². The first-order valence-electron chi connectivity index (χ1n) is 9.19. The number of rotatable bonds is 4. The standard InChI is InChI=1S/C20H18ClFN4O2S/c1-11-5-6-12-16(7-11)29-19-18(12)20(28)26(10-23-19)9-17(27)25-24-8-13-14(21)3-2-4-15(13)22/h2-4,8,10-11H,5-7,9H2,1H3,(H,25,27)/b24-8+. The minimum absolute atomic E-state index is 0.0776. The first-order valence-corrected chi connectivity index (χ1v) is 10.4. The smallest absolute Gasteiger partial charge is 0.262 e. The minimum Gasteiger partial charge on any atom is -0.289 e. The van der Waals surface area contributed by atoms with Crippen LogP contribution >= 0.6 is 22.9 Å². The van der Waals surface area contributed by atoms with Crippen LogP contribution in [0.2, 0.25) is 5.02 Å². The van der Waals surface area contributed by atoms with Crippen LogP contribution in [-0.2, 0) is 24.2 Å². The van der Waals surface area contributed by atoms with Gasteiger partial charge in [-0.25, -0.2) is 14.8 Å². The lowest BCUT2D eigenvalue weighted by molar-refractivity contribution is -0.121. The van der Waals surface area contributed by atoms with Gasteiger partial charge in [-0.1, -0.05) is 24.6 Å². The number of hydrazone groups is 1. The molecule has 150 valence electrons. The molecule has 1 N–H and O–H groups in total. The van der Waals surface area contributed by atoms with Gasteiger partial charge >= 0.3 is 0 Å². The molecule has 0 fully saturated rings. The van der Waals surface area contributed by atoms with Gasteiger partial charge in [0.1, 0.15) is 17.2 Å². The Bertz CT molecular complexity index is 1170. The highest BCUT2D eigenvalue weighted by atomic mass is 35.5. The summed E-state index contributed by atoms with van der Waals surface area (Å²) in [7, 11) is 0. The third kappa shape index (κ3) is 3.95. The highest BCUT2D eigenvalue weighted by Crippen LogP contribution is 2.35. The van der Waals surface area contributed by atoms with E-state index in [4.69, 9.17) is 11.6 Å². The Labute approximate surface area is 175 Å². The van der Waals surface area contributed by atoms with Crippen molar-refractivity contribution in [2.45, 2.75) is 32.7 Å². The molecule has 1 aliphatic rings. The van der Waals surface area contributed by atoms with E-state index in [1.165, 1.54) is 34.0 Å². The van der Waals surface area contributed by atoms with Crippen molar-refractivity contribution in [1.29, 1.82) is 0 Å². The number of carbonyl (C=O) groups is 1. The molecule has 6 nitrogen and oxygen atoms in total. The number of halogens is 2. The third-order valence-corrected chi connectivity index (χ3v) is 6.47. The molecule has 0 spiro atoms. The van der Waals surface area contributed by atoms with Crippen molar-refractivity contribution >= 4 is 45.3 Å². The van der Waals surface area contributed by atoms with Crippen molar-refractivity contribution in [2.75, 3.05) is 0 Å². The van der Waals surface area contributed by atoms with E-state index in [-0.39, 0.29) is 22.7 Å². The Morgan fingerprint density at radius 3 is 3.14 bits per heavy atom. The summed E-state index contributed by atoms with van der Waals surface area (Å²) >= 11 is 7.47. The largest absolute Gasteiger partial charge is 0.289 e. The first-order chi connectivity index (χ1) is 13.9. The van der Waals surface area contributed by atoms with E-state index in [0.29, 0.717) is 11.3 Å². The number of fused-ring (bicyclic) bond motifs is 3. The van der Waals surface area contributed by atoms with E-state index in [2.05, 4.69) is 22.4 Å². The van der Waals surface area contributed by atoms with Gasteiger partial charge in [0.25, 0.3) is 11.5 Å². The molecular formula is C20H18ClFN4O2S. The zero-order valence-electron chi connectivity index (χ0n) is 15.6. The molecule has 0 radical (unpaired) electrons. The van der Waals surface area contributed by atoms with Crippen LogP contribution in [0.1, 0.15) is 29.3 Å². The van der Waals surface area contributed by atoms with Crippen LogP contribution in [0.3, 0.4) is 0 Å². The Morgan fingerprint density at radius 1 is 1.52 bits per heavy atom. The van der Waals surface area contributed by atoms with Crippen molar-refractivity contribution in [1.82, 2.24) is 15.0 Å². The zero-order valence-corrected chi connectivity index (χ0v) is 17.2. The fraction of sp³-hybridized carbons (Fsp3) is 0.300. The number of carbonyl (C=O) groups excluding carboxylic acids is 1. The molecule has 3 aromatic rings. The Morgan fingerprint density at radius 2 is 2.34 bits per heavy atom. The summed E-state index contributed by atoms with van der Waals surface area (Å²) in [5, 5.41) is 4.54. The summed E-state index contributed by atoms with van der Waals surface area (Å²) in [6.07, 6.45) is 5.38. The maximum Gasteiger partial charge on any atom is 0.262 e. The maximum atomic E-state index is 13.7. The summed E-state index contributed by atoms with van der Waals surface area (Å²) in [6, 6.07) is 4.25. The molecule has 0 bridgehead atoms. The van der Waals surface area contributed by atoms with E-state index in [1.807, 2.05) is 0 Å². The molecule has 0 saturated heterocycles. The predicted molar refractivity (Wildman–Crippen MR) is 112 cm³/mol. The fourth-order valence-electron chi connectivity index (χ4n) is 3.47. The Kier molecular flexibility index (Phi) is 5.47. The first kappa shape index (κ1) is 19.7. The summed E-state index contributed by atoms with van der Waals surface area (Å²) < 4.78 is 15.0. The molecule has 9 heteroatoms. The number of thiophene rings is 1. The van der Waals surface area contributed by atoms with Crippen molar-refractivity contribution < 1.29 is 9.18 Å². The molecule has 29 heavy (non-hydrogen) atoms. The van der Waals surface area contributed by atoms with Gasteiger partial charge in [0.05, 0.1) is 23.0 Å². The number of amides is 1. The van der Waals surface area contributed by atoms with Gasteiger partial charge in [-0.2, -0.15) is 5.10 Å². The second-order valence-corrected chi connectivity index (χ2v) is 8.63. The van der Waals surface area contributed by atoms with Crippen LogP contribution in [-0.4, -0.2) is 21.7 Å². The summed E-state index contributed by atoms with van der Waals surface area (Å²) in [5.41, 5.74) is 3.22. The number of hydrogen-bond acceptors (Lipinski definition) is 5. The van der Waals surface area contributed by atoms with Gasteiger partial charge in [0.2, 0.25) is 0 Å². The molecule has 0 saturated carbocycles. The van der Waals surface area contributed by atoms with Crippen LogP contribution in [0.25, 0.3) is 10.2 Å². The van der Waals surface area contributed by atoms with E-state index in [9.17, 15) is 14.0 Å².